The maximum atomic E-state index is 12.4. The molecule has 0 radical (unpaired) electrons. The lowest BCUT2D eigenvalue weighted by atomic mass is 10.2. The van der Waals surface area contributed by atoms with Crippen molar-refractivity contribution in [2.24, 2.45) is 0 Å². The predicted octanol–water partition coefficient (Wildman–Crippen LogP) is 3.39. The van der Waals surface area contributed by atoms with E-state index >= 15 is 0 Å². The molecule has 1 aliphatic heterocycles. The fraction of sp³-hybridized carbons (Fsp3) is 0.188. The van der Waals surface area contributed by atoms with Gasteiger partial charge in [-0.1, -0.05) is 46.0 Å². The molecule has 1 heterocycles. The number of thiocarbonyl (C=S) groups is 1. The van der Waals surface area contributed by atoms with E-state index in [1.165, 1.54) is 23.8 Å². The Labute approximate surface area is 157 Å². The second-order valence-corrected chi connectivity index (χ2v) is 7.22. The third-order valence-electron chi connectivity index (χ3n) is 3.02. The summed E-state index contributed by atoms with van der Waals surface area (Å²) in [6.07, 6.45) is 3.32. The highest BCUT2D eigenvalue weighted by atomic mass is 79.9. The first-order valence-electron chi connectivity index (χ1n) is 6.81. The number of ether oxygens (including phenoxy) is 2. The van der Waals surface area contributed by atoms with Crippen LogP contribution in [-0.2, 0) is 14.3 Å². The first-order valence-corrected chi connectivity index (χ1v) is 8.83. The fourth-order valence-electron chi connectivity index (χ4n) is 1.89. The van der Waals surface area contributed by atoms with Crippen LogP contribution in [0.1, 0.15) is 5.56 Å². The van der Waals surface area contributed by atoms with Crippen LogP contribution in [0.2, 0.25) is 0 Å². The van der Waals surface area contributed by atoms with Gasteiger partial charge in [0.2, 0.25) is 0 Å². The molecule has 1 aliphatic rings. The van der Waals surface area contributed by atoms with Gasteiger partial charge in [0.15, 0.2) is 6.61 Å². The fourth-order valence-corrected chi connectivity index (χ4v) is 3.53. The number of hydrogen-bond acceptors (Lipinski definition) is 6. The van der Waals surface area contributed by atoms with E-state index in [2.05, 4.69) is 27.2 Å². The van der Waals surface area contributed by atoms with E-state index in [-0.39, 0.29) is 12.5 Å². The molecule has 0 N–H and O–H groups in total. The molecule has 24 heavy (non-hydrogen) atoms. The van der Waals surface area contributed by atoms with Crippen LogP contribution in [0.5, 0.6) is 5.75 Å². The van der Waals surface area contributed by atoms with Gasteiger partial charge in [0.1, 0.15) is 10.1 Å². The van der Waals surface area contributed by atoms with Gasteiger partial charge in [-0.3, -0.25) is 9.69 Å². The van der Waals surface area contributed by atoms with Crippen LogP contribution in [-0.4, -0.2) is 41.4 Å². The van der Waals surface area contributed by atoms with Gasteiger partial charge in [-0.2, -0.15) is 0 Å². The molecule has 126 valence electrons. The second-order valence-electron chi connectivity index (χ2n) is 4.63. The zero-order valence-corrected chi connectivity index (χ0v) is 16.0. The number of halogens is 1. The summed E-state index contributed by atoms with van der Waals surface area (Å²) in [5.74, 6) is -0.192. The zero-order valence-electron chi connectivity index (χ0n) is 12.8. The quantitative estimate of drug-likeness (QED) is 0.300. The van der Waals surface area contributed by atoms with Crippen molar-refractivity contribution in [1.82, 2.24) is 4.90 Å². The van der Waals surface area contributed by atoms with Crippen molar-refractivity contribution in [2.45, 2.75) is 0 Å². The average molecular weight is 428 g/mol. The number of carbonyl (C=O) groups is 2. The first kappa shape index (κ1) is 18.7. The largest absolute Gasteiger partial charge is 0.481 e. The minimum atomic E-state index is -0.485. The van der Waals surface area contributed by atoms with Crippen LogP contribution >= 0.6 is 39.9 Å². The Bertz CT molecular complexity index is 733. The Kier molecular flexibility index (Phi) is 6.59. The molecule has 0 aromatic heterocycles. The molecule has 8 heteroatoms. The Hall–Kier alpha value is -1.64. The minimum Gasteiger partial charge on any atom is -0.481 e. The molecule has 1 aromatic carbocycles. The van der Waals surface area contributed by atoms with Gasteiger partial charge >= 0.3 is 5.97 Å². The van der Waals surface area contributed by atoms with Crippen molar-refractivity contribution in [2.75, 3.05) is 20.3 Å². The third kappa shape index (κ3) is 4.46. The number of benzene rings is 1. The van der Waals surface area contributed by atoms with Gasteiger partial charge in [-0.25, -0.2) is 4.79 Å². The van der Waals surface area contributed by atoms with Gasteiger partial charge in [-0.15, -0.1) is 6.58 Å². The van der Waals surface area contributed by atoms with E-state index in [0.29, 0.717) is 27.1 Å². The first-order chi connectivity index (χ1) is 11.5. The number of hydrogen-bond donors (Lipinski definition) is 0. The van der Waals surface area contributed by atoms with Gasteiger partial charge in [0.05, 0.1) is 12.0 Å². The molecule has 5 nitrogen and oxygen atoms in total. The summed E-state index contributed by atoms with van der Waals surface area (Å²) in [4.78, 5) is 25.6. The normalized spacial score (nSPS) is 15.8. The highest BCUT2D eigenvalue weighted by Gasteiger charge is 2.31. The van der Waals surface area contributed by atoms with Crippen molar-refractivity contribution in [3.8, 4) is 5.75 Å². The molecule has 0 saturated carbocycles. The molecule has 0 bridgehead atoms. The van der Waals surface area contributed by atoms with Crippen LogP contribution < -0.4 is 4.74 Å². The minimum absolute atomic E-state index is 0.177. The number of amides is 1. The number of rotatable bonds is 6. The lowest BCUT2D eigenvalue weighted by molar-refractivity contribution is -0.142. The summed E-state index contributed by atoms with van der Waals surface area (Å²) in [5.41, 5.74) is 0.660. The molecule has 0 aliphatic carbocycles. The number of nitrogens with zero attached hydrogens (tertiary/aromatic N) is 1. The van der Waals surface area contributed by atoms with Crippen LogP contribution in [0.3, 0.4) is 0 Å². The summed E-state index contributed by atoms with van der Waals surface area (Å²) in [6.45, 7) is 3.78. The highest BCUT2D eigenvalue weighted by molar-refractivity contribution is 9.10. The summed E-state index contributed by atoms with van der Waals surface area (Å²) in [7, 11) is 1.29. The number of thioether (sulfide) groups is 1. The molecule has 0 unspecified atom stereocenters. The lowest BCUT2D eigenvalue weighted by Gasteiger charge is -2.11. The third-order valence-corrected chi connectivity index (χ3v) is 4.89. The molecular weight excluding hydrogens is 414 g/mol. The molecule has 1 fully saturated rings. The second kappa shape index (κ2) is 8.46. The van der Waals surface area contributed by atoms with E-state index in [0.717, 1.165) is 4.47 Å². The number of esters is 1. The maximum absolute atomic E-state index is 12.4. The molecule has 1 amide bonds. The number of methoxy groups -OCH3 is 1. The molecule has 0 spiro atoms. The molecule has 1 aromatic rings. The smallest absolute Gasteiger partial charge is 0.343 e. The molecule has 1 saturated heterocycles. The van der Waals surface area contributed by atoms with Crippen molar-refractivity contribution in [1.29, 1.82) is 0 Å². The topological polar surface area (TPSA) is 55.8 Å². The predicted molar refractivity (Wildman–Crippen MR) is 102 cm³/mol. The Balaban J connectivity index is 2.29. The summed E-state index contributed by atoms with van der Waals surface area (Å²) < 4.78 is 11.3. The van der Waals surface area contributed by atoms with Gasteiger partial charge in [0.25, 0.3) is 5.91 Å². The molecular formula is C16H14BrNO4S2. The van der Waals surface area contributed by atoms with E-state index in [1.54, 1.807) is 30.4 Å². The SMILES string of the molecule is C=CCN1C(=O)/C(=C/c2cc(Br)ccc2OCC(=O)OC)SC1=S. The summed E-state index contributed by atoms with van der Waals surface area (Å²) in [5, 5.41) is 0. The van der Waals surface area contributed by atoms with Crippen LogP contribution in [0.4, 0.5) is 0 Å². The van der Waals surface area contributed by atoms with Crippen molar-refractivity contribution in [3.05, 3.63) is 45.8 Å². The van der Waals surface area contributed by atoms with Crippen molar-refractivity contribution in [3.63, 3.8) is 0 Å². The van der Waals surface area contributed by atoms with Gasteiger partial charge in [0, 0.05) is 16.6 Å². The van der Waals surface area contributed by atoms with Gasteiger partial charge < -0.3 is 9.47 Å². The summed E-state index contributed by atoms with van der Waals surface area (Å²) >= 11 is 9.82. The lowest BCUT2D eigenvalue weighted by Crippen LogP contribution is -2.27. The standard InChI is InChI=1S/C16H14BrNO4S2/c1-3-6-18-15(20)13(24-16(18)23)8-10-7-11(17)4-5-12(10)22-9-14(19)21-2/h3-5,7-8H,1,6,9H2,2H3/b13-8-. The average Bonchev–Trinajstić information content (AvgIpc) is 2.81. The maximum Gasteiger partial charge on any atom is 0.343 e. The Morgan fingerprint density at radius 3 is 2.92 bits per heavy atom. The highest BCUT2D eigenvalue weighted by Crippen LogP contribution is 2.35. The van der Waals surface area contributed by atoms with Crippen molar-refractivity contribution < 1.29 is 19.1 Å². The van der Waals surface area contributed by atoms with Crippen molar-refractivity contribution >= 4 is 62.2 Å². The Morgan fingerprint density at radius 2 is 2.25 bits per heavy atom. The Morgan fingerprint density at radius 1 is 1.50 bits per heavy atom. The van der Waals surface area contributed by atoms with E-state index in [4.69, 9.17) is 17.0 Å². The summed E-state index contributed by atoms with van der Waals surface area (Å²) in [6, 6.07) is 5.29. The monoisotopic (exact) mass is 427 g/mol. The van der Waals surface area contributed by atoms with E-state index in [1.807, 2.05) is 0 Å². The van der Waals surface area contributed by atoms with Crippen LogP contribution in [0, 0.1) is 0 Å². The molecule has 0 atom stereocenters. The molecule has 2 rings (SSSR count). The van der Waals surface area contributed by atoms with Gasteiger partial charge in [-0.05, 0) is 24.3 Å². The van der Waals surface area contributed by atoms with Crippen LogP contribution in [0.15, 0.2) is 40.2 Å². The van der Waals surface area contributed by atoms with E-state index in [9.17, 15) is 9.59 Å². The van der Waals surface area contributed by atoms with E-state index < -0.39 is 5.97 Å². The van der Waals surface area contributed by atoms with Crippen LogP contribution in [0.25, 0.3) is 6.08 Å². The zero-order chi connectivity index (χ0) is 17.7. The number of carbonyl (C=O) groups excluding carboxylic acids is 2.